The van der Waals surface area contributed by atoms with Gasteiger partial charge in [-0.3, -0.25) is 0 Å². The molecule has 2 unspecified atom stereocenters. The first kappa shape index (κ1) is 19.6. The summed E-state index contributed by atoms with van der Waals surface area (Å²) in [5, 5.41) is -0.216. The van der Waals surface area contributed by atoms with E-state index in [1.54, 1.807) is 7.11 Å². The van der Waals surface area contributed by atoms with Gasteiger partial charge in [0.1, 0.15) is 4.90 Å². The molecule has 22 heavy (non-hydrogen) atoms. The van der Waals surface area contributed by atoms with Crippen molar-refractivity contribution in [2.45, 2.75) is 29.9 Å². The number of halogens is 3. The zero-order valence-electron chi connectivity index (χ0n) is 12.0. The molecule has 0 bridgehead atoms. The normalized spacial score (nSPS) is 23.1. The van der Waals surface area contributed by atoms with E-state index in [1.807, 2.05) is 0 Å². The molecule has 2 rings (SSSR count). The van der Waals surface area contributed by atoms with E-state index < -0.39 is 26.8 Å². The highest BCUT2D eigenvalue weighted by Gasteiger charge is 2.37. The maximum atomic E-state index is 14.0. The van der Waals surface area contributed by atoms with Crippen LogP contribution in [0, 0.1) is 5.82 Å². The number of rotatable bonds is 4. The van der Waals surface area contributed by atoms with Crippen LogP contribution in [0.15, 0.2) is 23.1 Å². The predicted molar refractivity (Wildman–Crippen MR) is 85.4 cm³/mol. The van der Waals surface area contributed by atoms with Crippen molar-refractivity contribution < 1.29 is 17.5 Å². The molecule has 1 aliphatic heterocycles. The summed E-state index contributed by atoms with van der Waals surface area (Å²) in [5.41, 5.74) is 5.67. The van der Waals surface area contributed by atoms with Gasteiger partial charge in [0.15, 0.2) is 5.82 Å². The predicted octanol–water partition coefficient (Wildman–Crippen LogP) is 2.03. The molecule has 0 aromatic heterocycles. The number of hydrogen-bond acceptors (Lipinski definition) is 4. The minimum absolute atomic E-state index is 0. The summed E-state index contributed by atoms with van der Waals surface area (Å²) in [6, 6.07) is 3.53. The van der Waals surface area contributed by atoms with Crippen LogP contribution in [0.1, 0.15) is 12.8 Å². The first-order chi connectivity index (χ1) is 9.91. The number of hydrogen-bond donors (Lipinski definition) is 1. The smallest absolute Gasteiger partial charge is 0.246 e. The van der Waals surface area contributed by atoms with Crippen molar-refractivity contribution in [3.8, 4) is 0 Å². The van der Waals surface area contributed by atoms with Gasteiger partial charge in [-0.1, -0.05) is 17.7 Å². The highest BCUT2D eigenvalue weighted by atomic mass is 35.5. The molecule has 1 fully saturated rings. The molecular weight excluding hydrogens is 354 g/mol. The molecule has 0 aliphatic carbocycles. The van der Waals surface area contributed by atoms with Crippen LogP contribution in [-0.2, 0) is 14.8 Å². The Morgan fingerprint density at radius 3 is 2.77 bits per heavy atom. The molecule has 2 atom stereocenters. The highest BCUT2D eigenvalue weighted by molar-refractivity contribution is 7.89. The molecule has 1 saturated heterocycles. The third kappa shape index (κ3) is 3.72. The fraction of sp³-hybridized carbons (Fsp3) is 0.538. The average molecular weight is 373 g/mol. The number of nitrogens with two attached hydrogens (primary N) is 1. The van der Waals surface area contributed by atoms with Crippen LogP contribution in [0.5, 0.6) is 0 Å². The van der Waals surface area contributed by atoms with Gasteiger partial charge in [0.05, 0.1) is 11.1 Å². The molecule has 9 heteroatoms. The SMILES string of the molecule is COC1CCN(S(=O)(=O)c2cccc(Cl)c2F)C(CN)C1.Cl. The lowest BCUT2D eigenvalue weighted by Crippen LogP contribution is -2.51. The summed E-state index contributed by atoms with van der Waals surface area (Å²) >= 11 is 5.67. The molecule has 1 aromatic rings. The molecule has 0 spiro atoms. The maximum absolute atomic E-state index is 14.0. The van der Waals surface area contributed by atoms with E-state index in [9.17, 15) is 12.8 Å². The van der Waals surface area contributed by atoms with Crippen LogP contribution in [0.3, 0.4) is 0 Å². The van der Waals surface area contributed by atoms with Gasteiger partial charge in [0.2, 0.25) is 10.0 Å². The third-order valence-electron chi connectivity index (χ3n) is 3.72. The minimum Gasteiger partial charge on any atom is -0.381 e. The Balaban J connectivity index is 0.00000242. The van der Waals surface area contributed by atoms with Crippen molar-refractivity contribution in [1.82, 2.24) is 4.31 Å². The summed E-state index contributed by atoms with van der Waals surface area (Å²) in [4.78, 5) is -0.413. The second kappa shape index (κ2) is 7.90. The average Bonchev–Trinajstić information content (AvgIpc) is 2.49. The highest BCUT2D eigenvalue weighted by Crippen LogP contribution is 2.29. The Bertz CT molecular complexity index is 615. The summed E-state index contributed by atoms with van der Waals surface area (Å²) < 4.78 is 45.9. The zero-order valence-corrected chi connectivity index (χ0v) is 14.4. The summed E-state index contributed by atoms with van der Waals surface area (Å²) in [6.07, 6.45) is 1.01. The monoisotopic (exact) mass is 372 g/mol. The van der Waals surface area contributed by atoms with Crippen molar-refractivity contribution in [3.05, 3.63) is 29.0 Å². The molecule has 1 heterocycles. The fourth-order valence-electron chi connectivity index (χ4n) is 2.55. The number of piperidine rings is 1. The number of ether oxygens (including phenoxy) is 1. The van der Waals surface area contributed by atoms with Gasteiger partial charge in [-0.2, -0.15) is 4.31 Å². The standard InChI is InChI=1S/C13H18ClFN2O3S.ClH/c1-20-10-5-6-17(9(7-10)8-16)21(18,19)12-4-2-3-11(14)13(12)15;/h2-4,9-10H,5-8,16H2,1H3;1H. The third-order valence-corrected chi connectivity index (χ3v) is 5.98. The fourth-order valence-corrected chi connectivity index (χ4v) is 4.53. The van der Waals surface area contributed by atoms with Gasteiger partial charge in [-0.25, -0.2) is 12.8 Å². The van der Waals surface area contributed by atoms with E-state index in [-0.39, 0.29) is 36.6 Å². The quantitative estimate of drug-likeness (QED) is 0.877. The number of benzene rings is 1. The Labute approximate surface area is 141 Å². The Kier molecular flexibility index (Phi) is 7.04. The molecule has 5 nitrogen and oxygen atoms in total. The largest absolute Gasteiger partial charge is 0.381 e. The van der Waals surface area contributed by atoms with Crippen molar-refractivity contribution >= 4 is 34.0 Å². The molecule has 126 valence electrons. The molecule has 1 aliphatic rings. The molecular formula is C13H19Cl2FN2O3S. The van der Waals surface area contributed by atoms with Gasteiger partial charge in [-0.15, -0.1) is 12.4 Å². The van der Waals surface area contributed by atoms with E-state index in [1.165, 1.54) is 22.5 Å². The Morgan fingerprint density at radius 1 is 1.50 bits per heavy atom. The van der Waals surface area contributed by atoms with Gasteiger partial charge in [-0.05, 0) is 25.0 Å². The van der Waals surface area contributed by atoms with Gasteiger partial charge in [0, 0.05) is 26.2 Å². The van der Waals surface area contributed by atoms with Crippen LogP contribution in [0.2, 0.25) is 5.02 Å². The van der Waals surface area contributed by atoms with Crippen LogP contribution >= 0.6 is 24.0 Å². The van der Waals surface area contributed by atoms with Gasteiger partial charge < -0.3 is 10.5 Å². The van der Waals surface area contributed by atoms with E-state index in [4.69, 9.17) is 22.1 Å². The Hall–Kier alpha value is -0.440. The van der Waals surface area contributed by atoms with E-state index in [2.05, 4.69) is 0 Å². The van der Waals surface area contributed by atoms with Crippen molar-refractivity contribution in [2.75, 3.05) is 20.2 Å². The Morgan fingerprint density at radius 2 is 2.18 bits per heavy atom. The molecule has 0 amide bonds. The number of nitrogens with zero attached hydrogens (tertiary/aromatic N) is 1. The van der Waals surface area contributed by atoms with E-state index in [0.717, 1.165) is 0 Å². The summed E-state index contributed by atoms with van der Waals surface area (Å²) in [7, 11) is -2.39. The lowest BCUT2D eigenvalue weighted by molar-refractivity contribution is 0.0401. The van der Waals surface area contributed by atoms with Crippen LogP contribution < -0.4 is 5.73 Å². The van der Waals surface area contributed by atoms with Crippen molar-refractivity contribution in [1.29, 1.82) is 0 Å². The molecule has 1 aromatic carbocycles. The summed E-state index contributed by atoms with van der Waals surface area (Å²) in [5.74, 6) is -0.927. The van der Waals surface area contributed by atoms with Crippen LogP contribution in [0.4, 0.5) is 4.39 Å². The van der Waals surface area contributed by atoms with Crippen LogP contribution in [-0.4, -0.2) is 45.1 Å². The first-order valence-corrected chi connectivity index (χ1v) is 8.42. The van der Waals surface area contributed by atoms with Gasteiger partial charge in [0.25, 0.3) is 0 Å². The van der Waals surface area contributed by atoms with Gasteiger partial charge >= 0.3 is 0 Å². The summed E-state index contributed by atoms with van der Waals surface area (Å²) in [6.45, 7) is 0.399. The van der Waals surface area contributed by atoms with Crippen LogP contribution in [0.25, 0.3) is 0 Å². The number of methoxy groups -OCH3 is 1. The van der Waals surface area contributed by atoms with E-state index in [0.29, 0.717) is 12.8 Å². The second-order valence-corrected chi connectivity index (χ2v) is 7.21. The molecule has 0 saturated carbocycles. The van der Waals surface area contributed by atoms with E-state index >= 15 is 0 Å². The van der Waals surface area contributed by atoms with Crippen molar-refractivity contribution in [3.63, 3.8) is 0 Å². The zero-order chi connectivity index (χ0) is 15.6. The van der Waals surface area contributed by atoms with Crippen molar-refractivity contribution in [2.24, 2.45) is 5.73 Å². The second-order valence-electron chi connectivity index (χ2n) is 4.94. The molecule has 0 radical (unpaired) electrons. The topological polar surface area (TPSA) is 72.6 Å². The number of sulfonamides is 1. The maximum Gasteiger partial charge on any atom is 0.246 e. The first-order valence-electron chi connectivity index (χ1n) is 6.60. The molecule has 2 N–H and O–H groups in total. The lowest BCUT2D eigenvalue weighted by atomic mass is 10.0. The lowest BCUT2D eigenvalue weighted by Gasteiger charge is -2.37. The minimum atomic E-state index is -3.97.